The van der Waals surface area contributed by atoms with Crippen LogP contribution < -0.4 is 5.32 Å². The Balaban J connectivity index is 2.26. The molecule has 1 heterocycles. The van der Waals surface area contributed by atoms with Crippen molar-refractivity contribution in [3.05, 3.63) is 16.6 Å². The van der Waals surface area contributed by atoms with Gasteiger partial charge in [0.15, 0.2) is 0 Å². The van der Waals surface area contributed by atoms with E-state index in [0.717, 1.165) is 30.6 Å². The second-order valence-electron chi connectivity index (χ2n) is 3.96. The van der Waals surface area contributed by atoms with Crippen molar-refractivity contribution in [3.8, 4) is 0 Å². The van der Waals surface area contributed by atoms with Gasteiger partial charge in [0.2, 0.25) is 0 Å². The van der Waals surface area contributed by atoms with Crippen LogP contribution in [0.25, 0.3) is 0 Å². The number of amides is 1. The van der Waals surface area contributed by atoms with Crippen LogP contribution in [-0.2, 0) is 11.3 Å². The quantitative estimate of drug-likeness (QED) is 0.814. The first kappa shape index (κ1) is 14.0. The molecule has 0 fully saturated rings. The fourth-order valence-corrected chi connectivity index (χ4v) is 2.15. The van der Waals surface area contributed by atoms with Crippen LogP contribution in [0.1, 0.15) is 44.4 Å². The lowest BCUT2D eigenvalue weighted by Crippen LogP contribution is -2.34. The smallest absolute Gasteiger partial charge is 0.407 e. The fraction of sp³-hybridized carbons (Fsp3) is 0.667. The van der Waals surface area contributed by atoms with E-state index >= 15 is 0 Å². The van der Waals surface area contributed by atoms with E-state index in [-0.39, 0.29) is 12.1 Å². The first-order valence-electron chi connectivity index (χ1n) is 6.06. The van der Waals surface area contributed by atoms with E-state index in [1.54, 1.807) is 11.7 Å². The maximum absolute atomic E-state index is 11.5. The van der Waals surface area contributed by atoms with Crippen molar-refractivity contribution in [2.45, 2.75) is 52.2 Å². The summed E-state index contributed by atoms with van der Waals surface area (Å²) in [5.74, 6) is 0. The summed E-state index contributed by atoms with van der Waals surface area (Å²) >= 11 is 1.49. The zero-order valence-electron chi connectivity index (χ0n) is 10.4. The molecule has 4 nitrogen and oxygen atoms in total. The largest absolute Gasteiger partial charge is 0.444 e. The molecule has 0 unspecified atom stereocenters. The second-order valence-corrected chi connectivity index (χ2v) is 4.93. The Labute approximate surface area is 106 Å². The van der Waals surface area contributed by atoms with E-state index < -0.39 is 0 Å². The molecule has 1 N–H and O–H groups in total. The van der Waals surface area contributed by atoms with Gasteiger partial charge in [-0.25, -0.2) is 4.79 Å². The molecule has 0 atom stereocenters. The van der Waals surface area contributed by atoms with Gasteiger partial charge < -0.3 is 10.1 Å². The van der Waals surface area contributed by atoms with Gasteiger partial charge in [0.05, 0.1) is 10.4 Å². The number of carbonyl (C=O) groups excluding carboxylic acids is 1. The minimum Gasteiger partial charge on any atom is -0.444 e. The number of thiazole rings is 1. The molecule has 0 saturated heterocycles. The molecular weight excluding hydrogens is 236 g/mol. The summed E-state index contributed by atoms with van der Waals surface area (Å²) in [4.78, 5) is 16.4. The van der Waals surface area contributed by atoms with Crippen molar-refractivity contribution in [2.75, 3.05) is 0 Å². The Morgan fingerprint density at radius 2 is 2.18 bits per heavy atom. The van der Waals surface area contributed by atoms with Gasteiger partial charge in [0.25, 0.3) is 0 Å². The third-order valence-corrected chi connectivity index (χ3v) is 3.18. The van der Waals surface area contributed by atoms with Crippen molar-refractivity contribution in [1.29, 1.82) is 0 Å². The summed E-state index contributed by atoms with van der Waals surface area (Å²) in [5, 5.41) is 2.90. The molecule has 1 aromatic heterocycles. The molecule has 1 amide bonds. The summed E-state index contributed by atoms with van der Waals surface area (Å²) in [6, 6.07) is 0.235. The lowest BCUT2D eigenvalue weighted by atomic mass is 10.1. The van der Waals surface area contributed by atoms with Crippen LogP contribution in [0.5, 0.6) is 0 Å². The molecule has 1 rings (SSSR count). The van der Waals surface area contributed by atoms with E-state index in [9.17, 15) is 4.79 Å². The van der Waals surface area contributed by atoms with Gasteiger partial charge in [-0.2, -0.15) is 0 Å². The Bertz CT molecular complexity index is 308. The van der Waals surface area contributed by atoms with E-state index in [0.29, 0.717) is 6.61 Å². The van der Waals surface area contributed by atoms with Gasteiger partial charge in [-0.15, -0.1) is 11.3 Å². The van der Waals surface area contributed by atoms with Crippen LogP contribution in [0.2, 0.25) is 0 Å². The Hall–Kier alpha value is -1.10. The lowest BCUT2D eigenvalue weighted by Gasteiger charge is -2.16. The van der Waals surface area contributed by atoms with Crippen LogP contribution in [0, 0.1) is 0 Å². The molecule has 5 heteroatoms. The van der Waals surface area contributed by atoms with Crippen LogP contribution >= 0.6 is 11.3 Å². The first-order valence-corrected chi connectivity index (χ1v) is 6.94. The van der Waals surface area contributed by atoms with Gasteiger partial charge in [0, 0.05) is 12.2 Å². The molecular formula is C12H20N2O2S. The average molecular weight is 256 g/mol. The summed E-state index contributed by atoms with van der Waals surface area (Å²) in [5.41, 5.74) is 1.73. The molecule has 0 spiro atoms. The number of hydrogen-bond acceptors (Lipinski definition) is 4. The number of hydrogen-bond donors (Lipinski definition) is 1. The summed E-state index contributed by atoms with van der Waals surface area (Å²) in [6.07, 6.45) is 5.53. The van der Waals surface area contributed by atoms with E-state index in [1.165, 1.54) is 11.3 Å². The van der Waals surface area contributed by atoms with Crippen molar-refractivity contribution in [1.82, 2.24) is 10.3 Å². The number of nitrogens with zero attached hydrogens (tertiary/aromatic N) is 1. The molecule has 0 aliphatic carbocycles. The van der Waals surface area contributed by atoms with Gasteiger partial charge in [0.1, 0.15) is 6.61 Å². The zero-order valence-corrected chi connectivity index (χ0v) is 11.3. The molecule has 0 radical (unpaired) electrons. The lowest BCUT2D eigenvalue weighted by molar-refractivity contribution is 0.135. The van der Waals surface area contributed by atoms with Gasteiger partial charge in [-0.05, 0) is 12.8 Å². The van der Waals surface area contributed by atoms with Gasteiger partial charge in [-0.3, -0.25) is 4.98 Å². The number of alkyl carbamates (subject to hydrolysis) is 1. The third-order valence-electron chi connectivity index (χ3n) is 2.43. The van der Waals surface area contributed by atoms with E-state index in [2.05, 4.69) is 24.1 Å². The highest BCUT2D eigenvalue weighted by Gasteiger charge is 2.11. The second kappa shape index (κ2) is 8.06. The highest BCUT2D eigenvalue weighted by Crippen LogP contribution is 2.08. The molecule has 0 saturated carbocycles. The predicted molar refractivity (Wildman–Crippen MR) is 69.0 cm³/mol. The molecule has 0 aliphatic rings. The minimum absolute atomic E-state index is 0.235. The van der Waals surface area contributed by atoms with Gasteiger partial charge >= 0.3 is 6.09 Å². The van der Waals surface area contributed by atoms with Crippen LogP contribution in [0.3, 0.4) is 0 Å². The molecule has 0 aromatic carbocycles. The standard InChI is InChI=1S/C12H20N2O2S/c1-3-5-10(6-4-2)14-12(15)16-8-11-7-13-9-17-11/h7,9-10H,3-6,8H2,1-2H3,(H,14,15). The molecule has 17 heavy (non-hydrogen) atoms. The predicted octanol–water partition coefficient (Wildman–Crippen LogP) is 3.34. The van der Waals surface area contributed by atoms with E-state index in [4.69, 9.17) is 4.74 Å². The Kier molecular flexibility index (Phi) is 6.62. The highest BCUT2D eigenvalue weighted by atomic mass is 32.1. The van der Waals surface area contributed by atoms with Crippen molar-refractivity contribution < 1.29 is 9.53 Å². The summed E-state index contributed by atoms with van der Waals surface area (Å²) in [6.45, 7) is 4.54. The number of nitrogens with one attached hydrogen (secondary N) is 1. The molecule has 96 valence electrons. The number of carbonyl (C=O) groups is 1. The highest BCUT2D eigenvalue weighted by molar-refractivity contribution is 7.09. The molecule has 0 bridgehead atoms. The summed E-state index contributed by atoms with van der Waals surface area (Å²) in [7, 11) is 0. The normalized spacial score (nSPS) is 10.5. The van der Waals surface area contributed by atoms with Crippen molar-refractivity contribution in [2.24, 2.45) is 0 Å². The maximum atomic E-state index is 11.5. The topological polar surface area (TPSA) is 51.2 Å². The molecule has 0 aliphatic heterocycles. The number of rotatable bonds is 7. The maximum Gasteiger partial charge on any atom is 0.407 e. The Morgan fingerprint density at radius 1 is 1.47 bits per heavy atom. The Morgan fingerprint density at radius 3 is 2.71 bits per heavy atom. The van der Waals surface area contributed by atoms with Gasteiger partial charge in [-0.1, -0.05) is 26.7 Å². The molecule has 1 aromatic rings. The number of ether oxygens (including phenoxy) is 1. The third kappa shape index (κ3) is 5.68. The zero-order chi connectivity index (χ0) is 12.5. The summed E-state index contributed by atoms with van der Waals surface area (Å²) < 4.78 is 5.13. The van der Waals surface area contributed by atoms with E-state index in [1.807, 2.05) is 0 Å². The minimum atomic E-state index is -0.328. The fourth-order valence-electron chi connectivity index (χ4n) is 1.64. The monoisotopic (exact) mass is 256 g/mol. The van der Waals surface area contributed by atoms with Crippen molar-refractivity contribution in [3.63, 3.8) is 0 Å². The number of aromatic nitrogens is 1. The van der Waals surface area contributed by atoms with Crippen LogP contribution in [0.4, 0.5) is 4.79 Å². The first-order chi connectivity index (χ1) is 8.26. The van der Waals surface area contributed by atoms with Crippen LogP contribution in [0.15, 0.2) is 11.7 Å². The van der Waals surface area contributed by atoms with Crippen molar-refractivity contribution >= 4 is 17.4 Å². The SMILES string of the molecule is CCCC(CCC)NC(=O)OCc1cncs1. The average Bonchev–Trinajstić information content (AvgIpc) is 2.80. The van der Waals surface area contributed by atoms with Crippen LogP contribution in [-0.4, -0.2) is 17.1 Å².